The zero-order valence-corrected chi connectivity index (χ0v) is 23.6. The van der Waals surface area contributed by atoms with Crippen molar-refractivity contribution in [1.82, 2.24) is 0 Å². The van der Waals surface area contributed by atoms with Gasteiger partial charge in [-0.05, 0) is 101 Å². The number of carbonyl (C=O) groups is 1. The lowest BCUT2D eigenvalue weighted by Gasteiger charge is -2.29. The fourth-order valence-electron chi connectivity index (χ4n) is 3.79. The van der Waals surface area contributed by atoms with Crippen LogP contribution in [0, 0.1) is 5.41 Å². The number of esters is 1. The Morgan fingerprint density at radius 2 is 1.34 bits per heavy atom. The quantitative estimate of drug-likeness (QED) is 0.400. The Kier molecular flexibility index (Phi) is 13.1. The van der Waals surface area contributed by atoms with Gasteiger partial charge in [-0.1, -0.05) is 77.1 Å². The fraction of sp³-hybridized carbons (Fsp3) is 0.594. The number of benzene rings is 2. The first-order valence-electron chi connectivity index (χ1n) is 13.5. The van der Waals surface area contributed by atoms with E-state index in [4.69, 9.17) is 9.84 Å². The van der Waals surface area contributed by atoms with E-state index in [0.29, 0.717) is 17.6 Å². The average Bonchev–Trinajstić information content (AvgIpc) is 3.30. The van der Waals surface area contributed by atoms with Crippen LogP contribution in [0.1, 0.15) is 123 Å². The third-order valence-corrected chi connectivity index (χ3v) is 7.49. The summed E-state index contributed by atoms with van der Waals surface area (Å²) in [7, 11) is 0. The van der Waals surface area contributed by atoms with E-state index in [1.165, 1.54) is 30.4 Å². The van der Waals surface area contributed by atoms with Gasteiger partial charge in [0.15, 0.2) is 0 Å². The molecule has 0 spiro atoms. The molecule has 0 radical (unpaired) electrons. The molecule has 0 aliphatic heterocycles. The van der Waals surface area contributed by atoms with Gasteiger partial charge in [0.25, 0.3) is 0 Å². The summed E-state index contributed by atoms with van der Waals surface area (Å²) in [6, 6.07) is 18.1. The zero-order chi connectivity index (χ0) is 26.5. The Labute approximate surface area is 215 Å². The van der Waals surface area contributed by atoms with Crippen LogP contribution in [0.5, 0.6) is 5.75 Å². The van der Waals surface area contributed by atoms with Gasteiger partial charge in [0.05, 0.1) is 5.41 Å². The molecule has 1 N–H and O–H groups in total. The molecule has 2 aromatic rings. The summed E-state index contributed by atoms with van der Waals surface area (Å²) in [6.45, 7) is 16.8. The van der Waals surface area contributed by atoms with Crippen molar-refractivity contribution in [3.05, 3.63) is 65.7 Å². The van der Waals surface area contributed by atoms with Gasteiger partial charge in [-0.2, -0.15) is 0 Å². The van der Waals surface area contributed by atoms with Gasteiger partial charge in [0.2, 0.25) is 0 Å². The maximum atomic E-state index is 11.8. The molecule has 1 fully saturated rings. The van der Waals surface area contributed by atoms with Gasteiger partial charge in [-0.15, -0.1) is 0 Å². The van der Waals surface area contributed by atoms with Crippen LogP contribution >= 0.6 is 0 Å². The van der Waals surface area contributed by atoms with Crippen LogP contribution in [0.2, 0.25) is 0 Å². The van der Waals surface area contributed by atoms with Crippen molar-refractivity contribution >= 4 is 5.97 Å². The molecule has 35 heavy (non-hydrogen) atoms. The minimum absolute atomic E-state index is 0.0376. The molecular weight excluding hydrogens is 432 g/mol. The van der Waals surface area contributed by atoms with Crippen molar-refractivity contribution in [3.8, 4) is 5.75 Å². The van der Waals surface area contributed by atoms with E-state index in [0.717, 1.165) is 25.7 Å². The molecule has 0 amide bonds. The van der Waals surface area contributed by atoms with Gasteiger partial charge in [-0.25, -0.2) is 0 Å². The van der Waals surface area contributed by atoms with Crippen LogP contribution in [0.25, 0.3) is 0 Å². The molecule has 1 aliphatic carbocycles. The molecule has 2 unspecified atom stereocenters. The Balaban J connectivity index is 0.000000267. The first-order chi connectivity index (χ1) is 16.5. The second-order valence-electron chi connectivity index (χ2n) is 10.9. The van der Waals surface area contributed by atoms with Crippen molar-refractivity contribution in [3.63, 3.8) is 0 Å². The van der Waals surface area contributed by atoms with Crippen molar-refractivity contribution in [2.45, 2.75) is 118 Å². The Morgan fingerprint density at radius 1 is 0.886 bits per heavy atom. The summed E-state index contributed by atoms with van der Waals surface area (Å²) in [4.78, 5) is 11.8. The summed E-state index contributed by atoms with van der Waals surface area (Å²) in [5, 5.41) is 9.01. The second-order valence-corrected chi connectivity index (χ2v) is 10.9. The standard InChI is InChI=1S/C12H22O2.C10H14O.C10H14/c1-5-11(2,3)10(13)14-12(4)8-6-7-9-12;1-3-8(2)9-4-6-10(11)7-5-9;1-3-9(2)10-7-5-4-6-8-10/h5-9H2,1-4H3;4-8,11H,3H2,1-2H3;4-9H,3H2,1-2H3. The first-order valence-corrected chi connectivity index (χ1v) is 13.5. The molecule has 2 atom stereocenters. The third kappa shape index (κ3) is 10.9. The van der Waals surface area contributed by atoms with Crippen LogP contribution in [-0.4, -0.2) is 16.7 Å². The molecule has 1 saturated carbocycles. The van der Waals surface area contributed by atoms with Crippen LogP contribution < -0.4 is 0 Å². The topological polar surface area (TPSA) is 46.5 Å². The summed E-state index contributed by atoms with van der Waals surface area (Å²) in [6.07, 6.45) is 7.64. The van der Waals surface area contributed by atoms with Gasteiger partial charge >= 0.3 is 5.97 Å². The predicted octanol–water partition coefficient (Wildman–Crippen LogP) is 9.40. The van der Waals surface area contributed by atoms with E-state index in [-0.39, 0.29) is 17.0 Å². The molecule has 0 aromatic heterocycles. The van der Waals surface area contributed by atoms with Crippen LogP contribution in [0.4, 0.5) is 0 Å². The average molecular weight is 483 g/mol. The highest BCUT2D eigenvalue weighted by molar-refractivity contribution is 5.76. The van der Waals surface area contributed by atoms with Crippen molar-refractivity contribution in [2.24, 2.45) is 5.41 Å². The van der Waals surface area contributed by atoms with Crippen LogP contribution in [-0.2, 0) is 9.53 Å². The van der Waals surface area contributed by atoms with Crippen LogP contribution in [0.3, 0.4) is 0 Å². The van der Waals surface area contributed by atoms with Gasteiger partial charge < -0.3 is 9.84 Å². The fourth-order valence-corrected chi connectivity index (χ4v) is 3.79. The number of carbonyl (C=O) groups excluding carboxylic acids is 1. The van der Waals surface area contributed by atoms with E-state index < -0.39 is 0 Å². The lowest BCUT2D eigenvalue weighted by atomic mass is 9.90. The monoisotopic (exact) mass is 482 g/mol. The largest absolute Gasteiger partial charge is 0.508 e. The summed E-state index contributed by atoms with van der Waals surface area (Å²) in [5.41, 5.74) is 2.24. The predicted molar refractivity (Wildman–Crippen MR) is 149 cm³/mol. The van der Waals surface area contributed by atoms with Crippen molar-refractivity contribution in [2.75, 3.05) is 0 Å². The van der Waals surface area contributed by atoms with Gasteiger partial charge in [-0.3, -0.25) is 4.79 Å². The van der Waals surface area contributed by atoms with Crippen LogP contribution in [0.15, 0.2) is 54.6 Å². The maximum absolute atomic E-state index is 11.8. The second kappa shape index (κ2) is 15.0. The molecule has 0 bridgehead atoms. The Morgan fingerprint density at radius 3 is 1.77 bits per heavy atom. The lowest BCUT2D eigenvalue weighted by molar-refractivity contribution is -0.168. The summed E-state index contributed by atoms with van der Waals surface area (Å²) in [5.74, 6) is 1.61. The summed E-state index contributed by atoms with van der Waals surface area (Å²) >= 11 is 0. The van der Waals surface area contributed by atoms with E-state index >= 15 is 0 Å². The zero-order valence-electron chi connectivity index (χ0n) is 23.6. The van der Waals surface area contributed by atoms with Gasteiger partial charge in [0, 0.05) is 0 Å². The number of phenols is 1. The van der Waals surface area contributed by atoms with Crippen molar-refractivity contribution in [1.29, 1.82) is 0 Å². The molecule has 0 heterocycles. The molecule has 1 aliphatic rings. The number of hydrogen-bond donors (Lipinski definition) is 1. The number of rotatable bonds is 7. The number of aromatic hydroxyl groups is 1. The molecule has 0 saturated heterocycles. The molecule has 196 valence electrons. The minimum atomic E-state index is -0.328. The number of hydrogen-bond acceptors (Lipinski definition) is 3. The maximum Gasteiger partial charge on any atom is 0.312 e. The Hall–Kier alpha value is -2.29. The van der Waals surface area contributed by atoms with E-state index in [2.05, 4.69) is 65.0 Å². The molecular formula is C32H50O3. The molecule has 3 heteroatoms. The number of ether oxygens (including phenoxy) is 1. The summed E-state index contributed by atoms with van der Waals surface area (Å²) < 4.78 is 5.62. The van der Waals surface area contributed by atoms with Crippen molar-refractivity contribution < 1.29 is 14.6 Å². The van der Waals surface area contributed by atoms with E-state index in [1.54, 1.807) is 12.1 Å². The SMILES string of the molecule is CCC(C)(C)C(=O)OC1(C)CCCC1.CCC(C)c1ccc(O)cc1.CCC(C)c1ccccc1. The third-order valence-electron chi connectivity index (χ3n) is 7.49. The number of phenolic OH excluding ortho intramolecular Hbond substituents is 1. The molecule has 2 aromatic carbocycles. The first kappa shape index (κ1) is 30.7. The smallest absolute Gasteiger partial charge is 0.312 e. The highest BCUT2D eigenvalue weighted by Crippen LogP contribution is 2.35. The normalized spacial score (nSPS) is 16.1. The highest BCUT2D eigenvalue weighted by Gasteiger charge is 2.37. The molecule has 3 rings (SSSR count). The van der Waals surface area contributed by atoms with E-state index in [9.17, 15) is 4.79 Å². The molecule has 3 nitrogen and oxygen atoms in total. The lowest BCUT2D eigenvalue weighted by Crippen LogP contribution is -2.35. The minimum Gasteiger partial charge on any atom is -0.508 e. The highest BCUT2D eigenvalue weighted by atomic mass is 16.6. The van der Waals surface area contributed by atoms with E-state index in [1.807, 2.05) is 32.9 Å². The Bertz CT molecular complexity index is 833. The van der Waals surface area contributed by atoms with Gasteiger partial charge in [0.1, 0.15) is 11.4 Å².